The van der Waals surface area contributed by atoms with Gasteiger partial charge in [0.2, 0.25) is 0 Å². The van der Waals surface area contributed by atoms with Crippen molar-refractivity contribution < 1.29 is 14.4 Å². The van der Waals surface area contributed by atoms with Gasteiger partial charge in [-0.3, -0.25) is 0 Å². The van der Waals surface area contributed by atoms with E-state index in [0.717, 1.165) is 46.3 Å². The molecule has 45 heavy (non-hydrogen) atoms. The summed E-state index contributed by atoms with van der Waals surface area (Å²) in [6.07, 6.45) is 6.29. The molecule has 0 spiro atoms. The van der Waals surface area contributed by atoms with E-state index in [1.165, 1.54) is 0 Å². The minimum atomic E-state index is -1.74. The van der Waals surface area contributed by atoms with Crippen molar-refractivity contribution in [3.63, 3.8) is 0 Å². The Hall–Kier alpha value is -3.01. The van der Waals surface area contributed by atoms with E-state index in [2.05, 4.69) is 27.5 Å². The van der Waals surface area contributed by atoms with E-state index in [1.807, 2.05) is 78.6 Å². The molecule has 0 unspecified atom stereocenters. The van der Waals surface area contributed by atoms with E-state index in [0.29, 0.717) is 43.9 Å². The zero-order chi connectivity index (χ0) is 31.7. The fraction of sp³-hybridized carbons (Fsp3) is 0.400. The number of para-hydroxylation sites is 1. The van der Waals surface area contributed by atoms with Gasteiger partial charge in [0.15, 0.2) is 0 Å². The maximum atomic E-state index is 14.6. The number of H-pyrrole nitrogens is 1. The van der Waals surface area contributed by atoms with Crippen molar-refractivity contribution in [2.45, 2.75) is 36.4 Å². The number of anilines is 1. The zero-order valence-electron chi connectivity index (χ0n) is 26.3. The molecule has 0 saturated carbocycles. The van der Waals surface area contributed by atoms with Gasteiger partial charge in [0.25, 0.3) is 0 Å². The first-order chi connectivity index (χ1) is 21.7. The number of aromatic nitrogens is 1. The van der Waals surface area contributed by atoms with Gasteiger partial charge in [-0.2, -0.15) is 0 Å². The number of aromatic amines is 1. The van der Waals surface area contributed by atoms with E-state index >= 15 is 0 Å². The molecule has 2 atom stereocenters. The number of hydrogen-bond donors (Lipinski definition) is 2. The fourth-order valence-corrected chi connectivity index (χ4v) is 11.4. The Balaban J connectivity index is 1.23. The number of amides is 3. The van der Waals surface area contributed by atoms with Crippen LogP contribution in [0.15, 0.2) is 68.0 Å². The molecule has 3 aliphatic heterocycles. The Morgan fingerprint density at radius 3 is 2.64 bits per heavy atom. The number of fused-ring (bicyclic) bond motifs is 2. The van der Waals surface area contributed by atoms with E-state index in [-0.39, 0.29) is 29.6 Å². The first-order valence-electron chi connectivity index (χ1n) is 16.0. The standard InChI is InChI=1S/C34H38ClN5O3.CH3.In/c1-5-22(2)33(42)39-14-12-24(13-15-39)32(41)37-30(18-26-19-36-29-9-7-6-8-28(26)29)34(43)40-21-23(20-38(3)4)16-25-17-27(35)10-11-31(25)40;;/h1-2,5-11,17,19,23-24,30,36H,12-16,18,20-21H2,3-4H3,(H,37,41);1H3;/t23-,30-;;/m1../s1. The monoisotopic (exact) mass is 729 g/mol. The second-order valence-electron chi connectivity index (χ2n) is 13.1. The van der Waals surface area contributed by atoms with Crippen LogP contribution in [0.4, 0.5) is 5.69 Å². The van der Waals surface area contributed by atoms with Crippen LogP contribution >= 0.6 is 11.6 Å². The molecular weight excluding hydrogens is 689 g/mol. The van der Waals surface area contributed by atoms with Crippen molar-refractivity contribution in [3.8, 4) is 0 Å². The van der Waals surface area contributed by atoms with Crippen LogP contribution in [0.25, 0.3) is 10.9 Å². The Morgan fingerprint density at radius 2 is 1.91 bits per heavy atom. The maximum absolute atomic E-state index is 14.6. The van der Waals surface area contributed by atoms with Gasteiger partial charge in [0, 0.05) is 40.9 Å². The molecule has 6 rings (SSSR count). The molecule has 0 aliphatic carbocycles. The molecule has 1 saturated heterocycles. The Morgan fingerprint density at radius 1 is 1.13 bits per heavy atom. The SMILES string of the molecule is CN(C)C[C@H]1Cc2cc(Cl)ccc2N(C(=O)[C@@H](Cc2c[nH]c3ccccc23)NC(=O)C2CCN(C(=O)C3=[CH][In]([CH3])[CH]=C3)CC2)C1. The van der Waals surface area contributed by atoms with Crippen molar-refractivity contribution in [1.29, 1.82) is 0 Å². The van der Waals surface area contributed by atoms with Gasteiger partial charge in [-0.25, -0.2) is 0 Å². The van der Waals surface area contributed by atoms with Crippen LogP contribution in [0.5, 0.6) is 0 Å². The number of benzene rings is 2. The average Bonchev–Trinajstić information content (AvgIpc) is 3.65. The average molecular weight is 730 g/mol. The summed E-state index contributed by atoms with van der Waals surface area (Å²) < 4.78 is 6.70. The van der Waals surface area contributed by atoms with Crippen LogP contribution < -0.4 is 10.2 Å². The van der Waals surface area contributed by atoms with Gasteiger partial charge in [-0.1, -0.05) is 29.8 Å². The molecule has 3 aliphatic rings. The summed E-state index contributed by atoms with van der Waals surface area (Å²) in [5.74, 6) is -0.183. The minimum Gasteiger partial charge on any atom is 0.0302 e. The van der Waals surface area contributed by atoms with E-state index in [9.17, 15) is 14.4 Å². The predicted molar refractivity (Wildman–Crippen MR) is 182 cm³/mol. The smallest absolute Gasteiger partial charge is 0.0302 e. The Bertz CT molecular complexity index is 1660. The van der Waals surface area contributed by atoms with E-state index in [1.54, 1.807) is 0 Å². The molecule has 2 aromatic carbocycles. The number of likely N-dealkylation sites (tertiary alicyclic amines) is 1. The third-order valence-corrected chi connectivity index (χ3v) is 14.3. The van der Waals surface area contributed by atoms with Crippen LogP contribution in [0.1, 0.15) is 24.0 Å². The summed E-state index contributed by atoms with van der Waals surface area (Å²) in [4.78, 5) is 50.6. The molecule has 0 bridgehead atoms. The van der Waals surface area contributed by atoms with Crippen molar-refractivity contribution in [1.82, 2.24) is 20.1 Å². The van der Waals surface area contributed by atoms with Crippen LogP contribution in [-0.2, 0) is 27.2 Å². The van der Waals surface area contributed by atoms with Crippen LogP contribution in [0, 0.1) is 11.8 Å². The van der Waals surface area contributed by atoms with Gasteiger partial charge in [0.05, 0.1) is 0 Å². The minimum absolute atomic E-state index is 0.0784. The number of halogens is 1. The number of piperidine rings is 1. The molecular formula is C35H41ClInN5O3. The molecule has 0 radical (unpaired) electrons. The van der Waals surface area contributed by atoms with Gasteiger partial charge in [0.1, 0.15) is 0 Å². The molecule has 1 fully saturated rings. The number of nitrogens with one attached hydrogen (secondary N) is 2. The summed E-state index contributed by atoms with van der Waals surface area (Å²) in [6, 6.07) is 13.0. The van der Waals surface area contributed by atoms with Crippen molar-refractivity contribution in [3.05, 3.63) is 84.1 Å². The Labute approximate surface area is 278 Å². The zero-order valence-corrected chi connectivity index (χ0v) is 30.3. The first-order valence-corrected chi connectivity index (χ1v) is 23.4. The van der Waals surface area contributed by atoms with Crippen molar-refractivity contribution >= 4 is 67.4 Å². The first kappa shape index (κ1) is 32.0. The van der Waals surface area contributed by atoms with Gasteiger partial charge in [-0.05, 0) is 56.3 Å². The molecule has 10 heteroatoms. The third kappa shape index (κ3) is 7.21. The second kappa shape index (κ2) is 13.8. The normalized spacial score (nSPS) is 19.2. The number of carbonyl (C=O) groups excluding carboxylic acids is 3. The molecule has 4 heterocycles. The molecule has 1 aromatic heterocycles. The Kier molecular flexibility index (Phi) is 9.78. The molecule has 8 nitrogen and oxygen atoms in total. The summed E-state index contributed by atoms with van der Waals surface area (Å²) in [5.41, 5.74) is 4.71. The molecule has 2 N–H and O–H groups in total. The molecule has 3 amide bonds. The quantitative estimate of drug-likeness (QED) is 0.357. The van der Waals surface area contributed by atoms with E-state index < -0.39 is 27.5 Å². The number of rotatable bonds is 8. The van der Waals surface area contributed by atoms with Crippen molar-refractivity contribution in [2.75, 3.05) is 45.2 Å². The summed E-state index contributed by atoms with van der Waals surface area (Å²) in [7, 11) is 4.09. The second-order valence-corrected chi connectivity index (χ2v) is 20.5. The largest absolute Gasteiger partial charge is 0.0302 e. The third-order valence-electron chi connectivity index (χ3n) is 9.31. The summed E-state index contributed by atoms with van der Waals surface area (Å²) >= 11 is 4.65. The topological polar surface area (TPSA) is 88.8 Å². The van der Waals surface area contributed by atoms with Crippen LogP contribution in [0.2, 0.25) is 9.70 Å². The van der Waals surface area contributed by atoms with Gasteiger partial charge in [-0.15, -0.1) is 0 Å². The van der Waals surface area contributed by atoms with Crippen molar-refractivity contribution in [2.24, 2.45) is 11.8 Å². The maximum Gasteiger partial charge on any atom is 0.0302 e. The predicted octanol–water partition coefficient (Wildman–Crippen LogP) is 4.55. The molecule has 3 aromatic rings. The number of nitrogens with zero attached hydrogens (tertiary/aromatic N) is 3. The number of carbonyl (C=O) groups is 3. The van der Waals surface area contributed by atoms with Gasteiger partial charge < -0.3 is 9.88 Å². The van der Waals surface area contributed by atoms with Gasteiger partial charge >= 0.3 is 143 Å². The van der Waals surface area contributed by atoms with Crippen LogP contribution in [0.3, 0.4) is 0 Å². The molecule has 234 valence electrons. The fourth-order valence-electron chi connectivity index (χ4n) is 7.08. The van der Waals surface area contributed by atoms with Crippen LogP contribution in [-0.4, -0.2) is 100 Å². The van der Waals surface area contributed by atoms with E-state index in [4.69, 9.17) is 11.6 Å². The summed E-state index contributed by atoms with van der Waals surface area (Å²) in [6.45, 7) is 2.49. The number of hydrogen-bond acceptors (Lipinski definition) is 4. The summed E-state index contributed by atoms with van der Waals surface area (Å²) in [5, 5.41) is 4.89.